The van der Waals surface area contributed by atoms with Crippen LogP contribution in [0.1, 0.15) is 29.3 Å². The van der Waals surface area contributed by atoms with Gasteiger partial charge in [-0.15, -0.1) is 11.3 Å². The standard InChI is InChI=1S/C18H18ClN5S/c1-9-2-3-11-15(4-9)25-18-16(11)17(22-8-23-18)24-14-5-10(7-20)13(21)6-12(14)19/h5-9,20H,2-4,21H2,1H3,(H,22,23,24). The zero-order valence-electron chi connectivity index (χ0n) is 13.8. The molecule has 2 heterocycles. The molecule has 0 amide bonds. The molecule has 128 valence electrons. The van der Waals surface area contributed by atoms with Crippen molar-refractivity contribution in [1.29, 1.82) is 5.41 Å². The first kappa shape index (κ1) is 16.3. The molecular formula is C18H18ClN5S. The number of nitrogen functional groups attached to an aromatic ring is 1. The van der Waals surface area contributed by atoms with Crippen LogP contribution in [0.3, 0.4) is 0 Å². The zero-order chi connectivity index (χ0) is 17.6. The highest BCUT2D eigenvalue weighted by molar-refractivity contribution is 7.19. The second kappa shape index (κ2) is 6.28. The molecule has 5 nitrogen and oxygen atoms in total. The van der Waals surface area contributed by atoms with Crippen LogP contribution in [-0.2, 0) is 12.8 Å². The number of fused-ring (bicyclic) bond motifs is 3. The Morgan fingerprint density at radius 1 is 1.40 bits per heavy atom. The van der Waals surface area contributed by atoms with Crippen LogP contribution < -0.4 is 11.1 Å². The van der Waals surface area contributed by atoms with Crippen molar-refractivity contribution in [3.05, 3.63) is 39.5 Å². The molecule has 7 heteroatoms. The Balaban J connectivity index is 1.82. The summed E-state index contributed by atoms with van der Waals surface area (Å²) in [5.41, 5.74) is 9.05. The predicted octanol–water partition coefficient (Wildman–Crippen LogP) is 4.79. The fraction of sp³-hybridized carbons (Fsp3) is 0.278. The second-order valence-electron chi connectivity index (χ2n) is 6.48. The molecule has 0 saturated heterocycles. The fourth-order valence-corrected chi connectivity index (χ4v) is 4.89. The number of thiophene rings is 1. The summed E-state index contributed by atoms with van der Waals surface area (Å²) < 4.78 is 0. The number of hydrogen-bond acceptors (Lipinski definition) is 6. The van der Waals surface area contributed by atoms with Gasteiger partial charge in [0.2, 0.25) is 0 Å². The molecule has 0 aliphatic heterocycles. The molecule has 0 spiro atoms. The molecule has 0 bridgehead atoms. The maximum atomic E-state index is 7.48. The first-order valence-electron chi connectivity index (χ1n) is 8.18. The molecule has 2 aromatic heterocycles. The smallest absolute Gasteiger partial charge is 0.142 e. The third-order valence-corrected chi connectivity index (χ3v) is 6.15. The summed E-state index contributed by atoms with van der Waals surface area (Å²) in [6.07, 6.45) is 6.16. The van der Waals surface area contributed by atoms with Crippen molar-refractivity contribution in [2.24, 2.45) is 5.92 Å². The summed E-state index contributed by atoms with van der Waals surface area (Å²) in [6, 6.07) is 3.44. The number of nitrogens with two attached hydrogens (primary N) is 1. The van der Waals surface area contributed by atoms with Crippen molar-refractivity contribution in [3.63, 3.8) is 0 Å². The number of hydrogen-bond donors (Lipinski definition) is 3. The van der Waals surface area contributed by atoms with Crippen molar-refractivity contribution in [1.82, 2.24) is 9.97 Å². The van der Waals surface area contributed by atoms with Gasteiger partial charge in [-0.2, -0.15) is 0 Å². The topological polar surface area (TPSA) is 87.7 Å². The monoisotopic (exact) mass is 371 g/mol. The highest BCUT2D eigenvalue weighted by atomic mass is 35.5. The lowest BCUT2D eigenvalue weighted by Gasteiger charge is -2.18. The number of rotatable bonds is 3. The summed E-state index contributed by atoms with van der Waals surface area (Å²) in [5, 5.41) is 12.4. The molecule has 3 aromatic rings. The fourth-order valence-electron chi connectivity index (χ4n) is 3.32. The van der Waals surface area contributed by atoms with Gasteiger partial charge in [0.15, 0.2) is 0 Å². The van der Waals surface area contributed by atoms with E-state index in [1.54, 1.807) is 29.8 Å². The van der Waals surface area contributed by atoms with Gasteiger partial charge in [0.05, 0.1) is 16.1 Å². The molecular weight excluding hydrogens is 354 g/mol. The van der Waals surface area contributed by atoms with Crippen LogP contribution in [0.5, 0.6) is 0 Å². The van der Waals surface area contributed by atoms with Crippen LogP contribution in [-0.4, -0.2) is 16.2 Å². The van der Waals surface area contributed by atoms with Gasteiger partial charge in [0, 0.05) is 22.3 Å². The van der Waals surface area contributed by atoms with Crippen molar-refractivity contribution in [3.8, 4) is 0 Å². The Bertz CT molecular complexity index is 981. The number of anilines is 3. The number of nitrogens with zero attached hydrogens (tertiary/aromatic N) is 2. The Morgan fingerprint density at radius 2 is 2.24 bits per heavy atom. The Labute approximate surface area is 154 Å². The molecule has 1 unspecified atom stereocenters. The number of halogens is 1. The van der Waals surface area contributed by atoms with Gasteiger partial charge in [0.1, 0.15) is 17.0 Å². The quantitative estimate of drug-likeness (QED) is 0.456. The SMILES string of the molecule is CC1CCc2c(sc3ncnc(Nc4cc(C=N)c(N)cc4Cl)c23)C1. The molecule has 1 aliphatic carbocycles. The molecule has 4 rings (SSSR count). The number of aromatic nitrogens is 2. The average Bonchev–Trinajstić information content (AvgIpc) is 2.95. The number of nitrogens with one attached hydrogen (secondary N) is 2. The van der Waals surface area contributed by atoms with Crippen LogP contribution in [0.15, 0.2) is 18.5 Å². The van der Waals surface area contributed by atoms with Crippen LogP contribution in [0.25, 0.3) is 10.2 Å². The average molecular weight is 372 g/mol. The lowest BCUT2D eigenvalue weighted by atomic mass is 9.89. The minimum atomic E-state index is 0.486. The molecule has 1 atom stereocenters. The van der Waals surface area contributed by atoms with Crippen molar-refractivity contribution in [2.45, 2.75) is 26.2 Å². The maximum Gasteiger partial charge on any atom is 0.142 e. The van der Waals surface area contributed by atoms with Crippen molar-refractivity contribution in [2.75, 3.05) is 11.1 Å². The maximum absolute atomic E-state index is 7.48. The summed E-state index contributed by atoms with van der Waals surface area (Å²) >= 11 is 8.10. The Hall–Kier alpha value is -2.18. The summed E-state index contributed by atoms with van der Waals surface area (Å²) in [4.78, 5) is 11.3. The summed E-state index contributed by atoms with van der Waals surface area (Å²) in [6.45, 7) is 2.30. The van der Waals surface area contributed by atoms with E-state index in [0.29, 0.717) is 27.9 Å². The minimum Gasteiger partial charge on any atom is -0.398 e. The summed E-state index contributed by atoms with van der Waals surface area (Å²) in [7, 11) is 0. The number of benzene rings is 1. The van der Waals surface area contributed by atoms with E-state index in [0.717, 1.165) is 28.9 Å². The van der Waals surface area contributed by atoms with Crippen LogP contribution >= 0.6 is 22.9 Å². The molecule has 1 aromatic carbocycles. The molecule has 4 N–H and O–H groups in total. The van der Waals surface area contributed by atoms with Gasteiger partial charge in [-0.3, -0.25) is 0 Å². The van der Waals surface area contributed by atoms with Gasteiger partial charge in [-0.25, -0.2) is 9.97 Å². The first-order valence-corrected chi connectivity index (χ1v) is 9.38. The van der Waals surface area contributed by atoms with E-state index in [9.17, 15) is 0 Å². The summed E-state index contributed by atoms with van der Waals surface area (Å²) in [5.74, 6) is 1.48. The highest BCUT2D eigenvalue weighted by Gasteiger charge is 2.23. The van der Waals surface area contributed by atoms with E-state index in [1.165, 1.54) is 23.1 Å². The molecule has 25 heavy (non-hydrogen) atoms. The van der Waals surface area contributed by atoms with Crippen LogP contribution in [0.2, 0.25) is 5.02 Å². The van der Waals surface area contributed by atoms with Crippen LogP contribution in [0.4, 0.5) is 17.2 Å². The van der Waals surface area contributed by atoms with E-state index in [-0.39, 0.29) is 0 Å². The van der Waals surface area contributed by atoms with E-state index >= 15 is 0 Å². The minimum absolute atomic E-state index is 0.486. The second-order valence-corrected chi connectivity index (χ2v) is 7.98. The van der Waals surface area contributed by atoms with Crippen LogP contribution in [0, 0.1) is 11.3 Å². The van der Waals surface area contributed by atoms with Gasteiger partial charge < -0.3 is 16.5 Å². The van der Waals surface area contributed by atoms with Gasteiger partial charge in [-0.05, 0) is 42.9 Å². The largest absolute Gasteiger partial charge is 0.398 e. The van der Waals surface area contributed by atoms with E-state index in [2.05, 4.69) is 22.2 Å². The number of aryl methyl sites for hydroxylation is 1. The molecule has 1 aliphatic rings. The van der Waals surface area contributed by atoms with E-state index in [4.69, 9.17) is 22.7 Å². The van der Waals surface area contributed by atoms with Crippen molar-refractivity contribution >= 4 is 56.6 Å². The van der Waals surface area contributed by atoms with Gasteiger partial charge in [-0.1, -0.05) is 18.5 Å². The molecule has 0 fully saturated rings. The van der Waals surface area contributed by atoms with Crippen molar-refractivity contribution < 1.29 is 0 Å². The Morgan fingerprint density at radius 3 is 3.04 bits per heavy atom. The third kappa shape index (κ3) is 2.85. The third-order valence-electron chi connectivity index (χ3n) is 4.67. The normalized spacial score (nSPS) is 16.6. The lowest BCUT2D eigenvalue weighted by molar-refractivity contribution is 0.509. The molecule has 0 radical (unpaired) electrons. The van der Waals surface area contributed by atoms with E-state index < -0.39 is 0 Å². The predicted molar refractivity (Wildman–Crippen MR) is 106 cm³/mol. The zero-order valence-corrected chi connectivity index (χ0v) is 15.3. The van der Waals surface area contributed by atoms with Gasteiger partial charge in [0.25, 0.3) is 0 Å². The van der Waals surface area contributed by atoms with E-state index in [1.807, 2.05) is 0 Å². The Kier molecular flexibility index (Phi) is 4.09. The lowest BCUT2D eigenvalue weighted by Crippen LogP contribution is -2.09. The first-order chi connectivity index (χ1) is 12.1. The molecule has 0 saturated carbocycles. The highest BCUT2D eigenvalue weighted by Crippen LogP contribution is 2.41. The van der Waals surface area contributed by atoms with Gasteiger partial charge >= 0.3 is 0 Å².